The van der Waals surface area contributed by atoms with Crippen molar-refractivity contribution in [1.29, 1.82) is 0 Å². The molecule has 1 saturated heterocycles. The van der Waals surface area contributed by atoms with Gasteiger partial charge in [0.2, 0.25) is 5.91 Å². The highest BCUT2D eigenvalue weighted by atomic mass is 32.2. The average Bonchev–Trinajstić information content (AvgIpc) is 3.18. The molecule has 0 bridgehead atoms. The smallest absolute Gasteiger partial charge is 0.326 e. The quantitative estimate of drug-likeness (QED) is 0.829. The van der Waals surface area contributed by atoms with Crippen molar-refractivity contribution in [3.8, 4) is 0 Å². The molecule has 2 atom stereocenters. The van der Waals surface area contributed by atoms with E-state index in [0.717, 1.165) is 16.1 Å². The number of rotatable bonds is 5. The fourth-order valence-corrected chi connectivity index (χ4v) is 5.04. The number of nitrogens with zero attached hydrogens (tertiary/aromatic N) is 1. The molecule has 0 aliphatic carbocycles. The predicted octanol–water partition coefficient (Wildman–Crippen LogP) is 2.43. The highest BCUT2D eigenvalue weighted by molar-refractivity contribution is 8.02. The molecule has 2 aromatic carbocycles. The summed E-state index contributed by atoms with van der Waals surface area (Å²) in [5, 5.41) is 12.3. The zero-order chi connectivity index (χ0) is 19.0. The summed E-state index contributed by atoms with van der Waals surface area (Å²) in [4.78, 5) is 38.6. The first-order chi connectivity index (χ1) is 13.0. The Morgan fingerprint density at radius 2 is 1.85 bits per heavy atom. The summed E-state index contributed by atoms with van der Waals surface area (Å²) >= 11 is 1.33. The predicted molar refractivity (Wildman–Crippen MR) is 101 cm³/mol. The Bertz CT molecular complexity index is 917. The first-order valence-electron chi connectivity index (χ1n) is 8.70. The number of benzene rings is 2. The van der Waals surface area contributed by atoms with E-state index in [-0.39, 0.29) is 18.7 Å². The number of carboxylic acids is 1. The first kappa shape index (κ1) is 17.6. The van der Waals surface area contributed by atoms with E-state index in [1.54, 1.807) is 0 Å². The molecular weight excluding hydrogens is 364 g/mol. The molecule has 7 heteroatoms. The minimum atomic E-state index is -1.11. The van der Waals surface area contributed by atoms with Gasteiger partial charge in [0.25, 0.3) is 5.91 Å². The van der Waals surface area contributed by atoms with Gasteiger partial charge in [0, 0.05) is 17.7 Å². The summed E-state index contributed by atoms with van der Waals surface area (Å²) in [7, 11) is 0. The number of hydrogen-bond acceptors (Lipinski definition) is 4. The number of carboxylic acid groups (broad SMARTS) is 1. The monoisotopic (exact) mass is 382 g/mol. The molecule has 2 heterocycles. The van der Waals surface area contributed by atoms with Gasteiger partial charge in [0.05, 0.1) is 5.69 Å². The lowest BCUT2D eigenvalue weighted by Crippen LogP contribution is -2.56. The minimum absolute atomic E-state index is 0.113. The summed E-state index contributed by atoms with van der Waals surface area (Å²) in [6, 6.07) is 15.5. The Morgan fingerprint density at radius 1 is 1.15 bits per heavy atom. The van der Waals surface area contributed by atoms with Crippen molar-refractivity contribution in [3.63, 3.8) is 0 Å². The highest BCUT2D eigenvalue weighted by Crippen LogP contribution is 2.55. The number of thioether (sulfide) groups is 1. The molecule has 138 valence electrons. The average molecular weight is 382 g/mol. The third-order valence-corrected chi connectivity index (χ3v) is 6.39. The third kappa shape index (κ3) is 2.98. The number of carbonyl (C=O) groups is 3. The van der Waals surface area contributed by atoms with E-state index in [1.807, 2.05) is 54.6 Å². The number of aliphatic carboxylic acids is 1. The summed E-state index contributed by atoms with van der Waals surface area (Å²) in [6.07, 6.45) is 0.809. The molecule has 0 spiro atoms. The lowest BCUT2D eigenvalue weighted by atomic mass is 10.1. The summed E-state index contributed by atoms with van der Waals surface area (Å²) in [6.45, 7) is 0. The number of hydrogen-bond donors (Lipinski definition) is 2. The topological polar surface area (TPSA) is 86.7 Å². The molecule has 2 aliphatic rings. The first-order valence-corrected chi connectivity index (χ1v) is 9.52. The van der Waals surface area contributed by atoms with Gasteiger partial charge in [-0.2, -0.15) is 0 Å². The van der Waals surface area contributed by atoms with Gasteiger partial charge in [0.15, 0.2) is 4.87 Å². The van der Waals surface area contributed by atoms with Gasteiger partial charge in [-0.15, -0.1) is 0 Å². The Morgan fingerprint density at radius 3 is 2.59 bits per heavy atom. The van der Waals surface area contributed by atoms with Gasteiger partial charge in [-0.3, -0.25) is 14.5 Å². The van der Waals surface area contributed by atoms with Crippen LogP contribution in [0.2, 0.25) is 0 Å². The molecule has 2 unspecified atom stereocenters. The number of carbonyl (C=O) groups excluding carboxylic acids is 2. The second kappa shape index (κ2) is 6.74. The van der Waals surface area contributed by atoms with E-state index in [2.05, 4.69) is 5.32 Å². The third-order valence-electron chi connectivity index (χ3n) is 4.91. The zero-order valence-electron chi connectivity index (χ0n) is 14.4. The van der Waals surface area contributed by atoms with E-state index < -0.39 is 22.8 Å². The van der Waals surface area contributed by atoms with Crippen LogP contribution in [0, 0.1) is 0 Å². The van der Waals surface area contributed by atoms with Crippen molar-refractivity contribution in [2.24, 2.45) is 0 Å². The van der Waals surface area contributed by atoms with Crippen LogP contribution in [0.25, 0.3) is 0 Å². The number of fused-ring (bicyclic) bond motifs is 3. The van der Waals surface area contributed by atoms with E-state index in [4.69, 9.17) is 0 Å². The van der Waals surface area contributed by atoms with Gasteiger partial charge in [0.1, 0.15) is 6.04 Å². The SMILES string of the molecule is O=C(O)C(Cc1ccccc1)NC(=O)C12CCC(=O)N1c1ccccc1S2. The fraction of sp³-hybridized carbons (Fsp3) is 0.250. The molecular formula is C20H18N2O4S. The standard InChI is InChI=1S/C20H18N2O4S/c23-17-10-11-20(22(17)15-8-4-5-9-16(15)27-20)19(26)21-14(18(24)25)12-13-6-2-1-3-7-13/h1-9,14H,10-12H2,(H,21,26)(H,24,25). The van der Waals surface area contributed by atoms with Crippen LogP contribution in [0.1, 0.15) is 18.4 Å². The van der Waals surface area contributed by atoms with Gasteiger partial charge in [-0.05, 0) is 24.1 Å². The molecule has 2 amide bonds. The molecule has 6 nitrogen and oxygen atoms in total. The maximum Gasteiger partial charge on any atom is 0.326 e. The number of nitrogens with one attached hydrogen (secondary N) is 1. The van der Waals surface area contributed by atoms with Crippen molar-refractivity contribution in [1.82, 2.24) is 5.32 Å². The molecule has 2 N–H and O–H groups in total. The summed E-state index contributed by atoms with van der Waals surface area (Å²) < 4.78 is 0. The Balaban J connectivity index is 1.60. The normalized spacial score (nSPS) is 21.5. The lowest BCUT2D eigenvalue weighted by Gasteiger charge is -2.31. The zero-order valence-corrected chi connectivity index (χ0v) is 15.2. The van der Waals surface area contributed by atoms with Crippen LogP contribution in [-0.2, 0) is 20.8 Å². The maximum atomic E-state index is 13.2. The van der Waals surface area contributed by atoms with Crippen molar-refractivity contribution in [2.75, 3.05) is 4.90 Å². The Hall–Kier alpha value is -2.80. The largest absolute Gasteiger partial charge is 0.480 e. The van der Waals surface area contributed by atoms with Crippen LogP contribution in [0.5, 0.6) is 0 Å². The van der Waals surface area contributed by atoms with Crippen LogP contribution < -0.4 is 10.2 Å². The van der Waals surface area contributed by atoms with Gasteiger partial charge in [-0.25, -0.2) is 4.79 Å². The molecule has 2 aliphatic heterocycles. The van der Waals surface area contributed by atoms with Gasteiger partial charge in [-0.1, -0.05) is 54.2 Å². The molecule has 0 aromatic heterocycles. The van der Waals surface area contributed by atoms with Crippen LogP contribution in [0.4, 0.5) is 5.69 Å². The molecule has 2 aromatic rings. The van der Waals surface area contributed by atoms with Crippen LogP contribution in [0.15, 0.2) is 59.5 Å². The van der Waals surface area contributed by atoms with E-state index in [9.17, 15) is 19.5 Å². The number of para-hydroxylation sites is 1. The highest BCUT2D eigenvalue weighted by Gasteiger charge is 2.57. The van der Waals surface area contributed by atoms with E-state index in [0.29, 0.717) is 6.42 Å². The van der Waals surface area contributed by atoms with Gasteiger partial charge < -0.3 is 10.4 Å². The van der Waals surface area contributed by atoms with E-state index in [1.165, 1.54) is 16.7 Å². The summed E-state index contributed by atoms with van der Waals surface area (Å²) in [5.41, 5.74) is 1.54. The molecule has 1 fully saturated rings. The minimum Gasteiger partial charge on any atom is -0.480 e. The van der Waals surface area contributed by atoms with Crippen molar-refractivity contribution < 1.29 is 19.5 Å². The number of anilines is 1. The maximum absolute atomic E-state index is 13.2. The van der Waals surface area contributed by atoms with Crippen molar-refractivity contribution in [3.05, 3.63) is 60.2 Å². The van der Waals surface area contributed by atoms with Crippen LogP contribution in [-0.4, -0.2) is 33.8 Å². The van der Waals surface area contributed by atoms with Crippen molar-refractivity contribution in [2.45, 2.75) is 35.1 Å². The summed E-state index contributed by atoms with van der Waals surface area (Å²) in [5.74, 6) is -1.64. The fourth-order valence-electron chi connectivity index (χ4n) is 3.62. The van der Waals surface area contributed by atoms with Crippen molar-refractivity contribution >= 4 is 35.2 Å². The molecule has 27 heavy (non-hydrogen) atoms. The Labute approximate surface area is 160 Å². The Kier molecular flexibility index (Phi) is 4.39. The lowest BCUT2D eigenvalue weighted by molar-refractivity contribution is -0.142. The van der Waals surface area contributed by atoms with Crippen LogP contribution >= 0.6 is 11.8 Å². The molecule has 4 rings (SSSR count). The van der Waals surface area contributed by atoms with Gasteiger partial charge >= 0.3 is 5.97 Å². The second-order valence-corrected chi connectivity index (χ2v) is 7.96. The molecule has 0 radical (unpaired) electrons. The van der Waals surface area contributed by atoms with E-state index >= 15 is 0 Å². The molecule has 0 saturated carbocycles. The number of amides is 2. The van der Waals surface area contributed by atoms with Crippen LogP contribution in [0.3, 0.4) is 0 Å². The second-order valence-electron chi connectivity index (χ2n) is 6.64.